The van der Waals surface area contributed by atoms with E-state index in [9.17, 15) is 0 Å². The lowest BCUT2D eigenvalue weighted by molar-refractivity contribution is 0.364. The van der Waals surface area contributed by atoms with Crippen molar-refractivity contribution in [2.24, 2.45) is 5.41 Å². The highest BCUT2D eigenvalue weighted by atomic mass is 15.1. The largest absolute Gasteiger partial charge is 0.298 e. The third kappa shape index (κ3) is 5.58. The third-order valence-electron chi connectivity index (χ3n) is 3.66. The first-order valence-electron chi connectivity index (χ1n) is 8.20. The Morgan fingerprint density at radius 2 is 1.78 bits per heavy atom. The van der Waals surface area contributed by atoms with Crippen LogP contribution in [0.1, 0.15) is 33.3 Å². The molecule has 0 N–H and O–H groups in total. The van der Waals surface area contributed by atoms with Gasteiger partial charge < -0.3 is 0 Å². The van der Waals surface area contributed by atoms with Crippen LogP contribution >= 0.6 is 0 Å². The van der Waals surface area contributed by atoms with E-state index in [0.29, 0.717) is 0 Å². The molecule has 23 heavy (non-hydrogen) atoms. The standard InChI is InChI=1S/C22H27N/c1-18(13-15-22(2,3)4)14-16-23(5)17-20-11-8-10-19-9-6-7-12-21(19)20/h6-12,14H,16-17H2,1-5H3/b18-14+. The molecule has 0 aliphatic carbocycles. The number of fused-ring (bicyclic) bond motifs is 1. The van der Waals surface area contributed by atoms with E-state index in [1.807, 2.05) is 0 Å². The molecule has 0 aliphatic rings. The van der Waals surface area contributed by atoms with Gasteiger partial charge in [0.05, 0.1) is 0 Å². The normalized spacial score (nSPS) is 12.3. The number of allylic oxidation sites excluding steroid dienone is 1. The Labute approximate surface area is 141 Å². The van der Waals surface area contributed by atoms with Gasteiger partial charge in [0.15, 0.2) is 0 Å². The number of benzene rings is 2. The molecule has 0 aromatic heterocycles. The molecule has 0 fully saturated rings. The fraction of sp³-hybridized carbons (Fsp3) is 0.364. The molecule has 2 aromatic rings. The second kappa shape index (κ2) is 7.49. The Bertz CT molecular complexity index is 745. The highest BCUT2D eigenvalue weighted by Gasteiger charge is 2.04. The molecule has 0 radical (unpaired) electrons. The Kier molecular flexibility index (Phi) is 5.64. The maximum Gasteiger partial charge on any atom is 0.0240 e. The van der Waals surface area contributed by atoms with Crippen LogP contribution in [0.5, 0.6) is 0 Å². The molecule has 0 unspecified atom stereocenters. The molecule has 0 aliphatic heterocycles. The summed E-state index contributed by atoms with van der Waals surface area (Å²) in [5.41, 5.74) is 2.58. The molecule has 2 aromatic carbocycles. The van der Waals surface area contributed by atoms with Crippen LogP contribution in [0.25, 0.3) is 10.8 Å². The minimum Gasteiger partial charge on any atom is -0.298 e. The fourth-order valence-corrected chi connectivity index (χ4v) is 2.42. The van der Waals surface area contributed by atoms with Crippen LogP contribution in [0.2, 0.25) is 0 Å². The summed E-state index contributed by atoms with van der Waals surface area (Å²) in [5.74, 6) is 6.54. The van der Waals surface area contributed by atoms with Gasteiger partial charge in [-0.3, -0.25) is 4.90 Å². The molecule has 0 bridgehead atoms. The Morgan fingerprint density at radius 1 is 1.09 bits per heavy atom. The van der Waals surface area contributed by atoms with Crippen molar-refractivity contribution < 1.29 is 0 Å². The minimum absolute atomic E-state index is 0.0595. The maximum atomic E-state index is 3.28. The van der Waals surface area contributed by atoms with Crippen LogP contribution in [0.3, 0.4) is 0 Å². The molecule has 0 amide bonds. The van der Waals surface area contributed by atoms with Crippen molar-refractivity contribution in [3.63, 3.8) is 0 Å². The number of rotatable bonds is 4. The third-order valence-corrected chi connectivity index (χ3v) is 3.66. The smallest absolute Gasteiger partial charge is 0.0240 e. The zero-order valence-corrected chi connectivity index (χ0v) is 15.0. The molecule has 0 heterocycles. The van der Waals surface area contributed by atoms with Gasteiger partial charge in [0.25, 0.3) is 0 Å². The summed E-state index contributed by atoms with van der Waals surface area (Å²) < 4.78 is 0. The average Bonchev–Trinajstić information content (AvgIpc) is 2.50. The van der Waals surface area contributed by atoms with Gasteiger partial charge in [0.1, 0.15) is 0 Å². The molecular weight excluding hydrogens is 278 g/mol. The Morgan fingerprint density at radius 3 is 2.52 bits per heavy atom. The summed E-state index contributed by atoms with van der Waals surface area (Å²) in [6.07, 6.45) is 2.21. The zero-order valence-electron chi connectivity index (χ0n) is 15.0. The molecule has 1 heteroatoms. The van der Waals surface area contributed by atoms with Gasteiger partial charge in [0, 0.05) is 18.5 Å². The van der Waals surface area contributed by atoms with Crippen molar-refractivity contribution in [3.8, 4) is 11.8 Å². The Balaban J connectivity index is 2.04. The lowest BCUT2D eigenvalue weighted by atomic mass is 9.97. The van der Waals surface area contributed by atoms with Gasteiger partial charge in [0.2, 0.25) is 0 Å². The number of hydrogen-bond donors (Lipinski definition) is 0. The molecule has 0 saturated carbocycles. The van der Waals surface area contributed by atoms with E-state index >= 15 is 0 Å². The van der Waals surface area contributed by atoms with E-state index < -0.39 is 0 Å². The van der Waals surface area contributed by atoms with E-state index in [-0.39, 0.29) is 5.41 Å². The molecule has 1 nitrogen and oxygen atoms in total. The van der Waals surface area contributed by atoms with E-state index in [1.54, 1.807) is 0 Å². The van der Waals surface area contributed by atoms with E-state index in [0.717, 1.165) is 18.7 Å². The summed E-state index contributed by atoms with van der Waals surface area (Å²) in [4.78, 5) is 2.32. The first-order chi connectivity index (χ1) is 10.8. The van der Waals surface area contributed by atoms with Gasteiger partial charge in [-0.2, -0.15) is 0 Å². The van der Waals surface area contributed by atoms with E-state index in [1.165, 1.54) is 16.3 Å². The van der Waals surface area contributed by atoms with Crippen molar-refractivity contribution in [2.75, 3.05) is 13.6 Å². The highest BCUT2D eigenvalue weighted by Crippen LogP contribution is 2.19. The monoisotopic (exact) mass is 305 g/mol. The predicted molar refractivity (Wildman–Crippen MR) is 101 cm³/mol. The average molecular weight is 305 g/mol. The zero-order chi connectivity index (χ0) is 16.9. The van der Waals surface area contributed by atoms with Crippen molar-refractivity contribution in [3.05, 3.63) is 59.7 Å². The molecule has 0 saturated heterocycles. The topological polar surface area (TPSA) is 3.24 Å². The summed E-state index contributed by atoms with van der Waals surface area (Å²) in [7, 11) is 2.16. The maximum absolute atomic E-state index is 3.28. The van der Waals surface area contributed by atoms with Gasteiger partial charge in [-0.25, -0.2) is 0 Å². The Hall–Kier alpha value is -2.04. The molecule has 0 atom stereocenters. The van der Waals surface area contributed by atoms with Crippen LogP contribution in [0.4, 0.5) is 0 Å². The van der Waals surface area contributed by atoms with Crippen LogP contribution in [0.15, 0.2) is 54.1 Å². The van der Waals surface area contributed by atoms with Crippen LogP contribution in [0, 0.1) is 17.3 Å². The van der Waals surface area contributed by atoms with Gasteiger partial charge in [-0.1, -0.05) is 60.4 Å². The minimum atomic E-state index is 0.0595. The molecule has 120 valence electrons. The van der Waals surface area contributed by atoms with Crippen molar-refractivity contribution >= 4 is 10.8 Å². The van der Waals surface area contributed by atoms with Gasteiger partial charge in [-0.05, 0) is 56.7 Å². The summed E-state index contributed by atoms with van der Waals surface area (Å²) in [5, 5.41) is 2.65. The second-order valence-corrected chi connectivity index (χ2v) is 7.22. The summed E-state index contributed by atoms with van der Waals surface area (Å²) >= 11 is 0. The summed E-state index contributed by atoms with van der Waals surface area (Å²) in [6, 6.07) is 15.1. The first kappa shape index (κ1) is 17.3. The molecule has 0 spiro atoms. The van der Waals surface area contributed by atoms with E-state index in [4.69, 9.17) is 0 Å². The predicted octanol–water partition coefficient (Wildman–Crippen LogP) is 5.27. The number of likely N-dealkylation sites (N-methyl/N-ethyl adjacent to an activating group) is 1. The quantitative estimate of drug-likeness (QED) is 0.696. The highest BCUT2D eigenvalue weighted by molar-refractivity contribution is 5.85. The van der Waals surface area contributed by atoms with Gasteiger partial charge >= 0.3 is 0 Å². The summed E-state index contributed by atoms with van der Waals surface area (Å²) in [6.45, 7) is 10.4. The van der Waals surface area contributed by atoms with E-state index in [2.05, 4.69) is 100 Å². The number of hydrogen-bond acceptors (Lipinski definition) is 1. The van der Waals surface area contributed by atoms with Crippen LogP contribution < -0.4 is 0 Å². The molecular formula is C22H27N. The van der Waals surface area contributed by atoms with Crippen molar-refractivity contribution in [1.82, 2.24) is 4.90 Å². The van der Waals surface area contributed by atoms with Gasteiger partial charge in [-0.15, -0.1) is 0 Å². The van der Waals surface area contributed by atoms with Crippen molar-refractivity contribution in [2.45, 2.75) is 34.2 Å². The lowest BCUT2D eigenvalue weighted by Gasteiger charge is -2.16. The van der Waals surface area contributed by atoms with Crippen molar-refractivity contribution in [1.29, 1.82) is 0 Å². The number of nitrogens with zero attached hydrogens (tertiary/aromatic N) is 1. The molecule has 2 rings (SSSR count). The second-order valence-electron chi connectivity index (χ2n) is 7.22. The SMILES string of the molecule is C/C(C#CC(C)(C)C)=C\CN(C)Cc1cccc2ccccc12. The van der Waals surface area contributed by atoms with Crippen LogP contribution in [-0.2, 0) is 6.54 Å². The van der Waals surface area contributed by atoms with Crippen LogP contribution in [-0.4, -0.2) is 18.5 Å². The first-order valence-corrected chi connectivity index (χ1v) is 8.20. The lowest BCUT2D eigenvalue weighted by Crippen LogP contribution is -2.18. The fourth-order valence-electron chi connectivity index (χ4n) is 2.42.